The SMILES string of the molecule is CCCCSCCC(=O)NCC(=O)NC1CCCCC1. The van der Waals surface area contributed by atoms with Crippen LogP contribution in [0.1, 0.15) is 58.3 Å². The van der Waals surface area contributed by atoms with Crippen LogP contribution in [-0.2, 0) is 9.59 Å². The summed E-state index contributed by atoms with van der Waals surface area (Å²) in [6.07, 6.45) is 8.74. The van der Waals surface area contributed by atoms with Crippen molar-refractivity contribution in [3.05, 3.63) is 0 Å². The van der Waals surface area contributed by atoms with Crippen molar-refractivity contribution in [2.75, 3.05) is 18.1 Å². The number of hydrogen-bond acceptors (Lipinski definition) is 3. The molecule has 0 unspecified atom stereocenters. The van der Waals surface area contributed by atoms with Crippen molar-refractivity contribution in [1.82, 2.24) is 10.6 Å². The van der Waals surface area contributed by atoms with Gasteiger partial charge in [-0.15, -0.1) is 0 Å². The Labute approximate surface area is 126 Å². The van der Waals surface area contributed by atoms with Gasteiger partial charge >= 0.3 is 0 Å². The van der Waals surface area contributed by atoms with E-state index in [0.717, 1.165) is 24.3 Å². The minimum absolute atomic E-state index is 0.0206. The zero-order chi connectivity index (χ0) is 14.6. The highest BCUT2D eigenvalue weighted by Crippen LogP contribution is 2.17. The molecular weight excluding hydrogens is 272 g/mol. The standard InChI is InChI=1S/C15H28N2O2S/c1-2-3-10-20-11-9-14(18)16-12-15(19)17-13-7-5-4-6-8-13/h13H,2-12H2,1H3,(H,16,18)(H,17,19). The van der Waals surface area contributed by atoms with Crippen LogP contribution >= 0.6 is 11.8 Å². The van der Waals surface area contributed by atoms with Gasteiger partial charge in [-0.1, -0.05) is 32.6 Å². The van der Waals surface area contributed by atoms with E-state index in [1.165, 1.54) is 32.1 Å². The highest BCUT2D eigenvalue weighted by Gasteiger charge is 2.15. The summed E-state index contributed by atoms with van der Waals surface area (Å²) in [7, 11) is 0. The summed E-state index contributed by atoms with van der Waals surface area (Å²) in [5.74, 6) is 1.89. The predicted octanol–water partition coefficient (Wildman–Crippen LogP) is 2.47. The number of amides is 2. The van der Waals surface area contributed by atoms with E-state index in [1.54, 1.807) is 0 Å². The molecule has 0 aliphatic heterocycles. The van der Waals surface area contributed by atoms with Crippen molar-refractivity contribution in [2.24, 2.45) is 0 Å². The van der Waals surface area contributed by atoms with E-state index >= 15 is 0 Å². The topological polar surface area (TPSA) is 58.2 Å². The first-order valence-electron chi connectivity index (χ1n) is 7.86. The van der Waals surface area contributed by atoms with Crippen LogP contribution in [0.25, 0.3) is 0 Å². The summed E-state index contributed by atoms with van der Waals surface area (Å²) >= 11 is 1.81. The van der Waals surface area contributed by atoms with E-state index in [9.17, 15) is 9.59 Å². The van der Waals surface area contributed by atoms with Gasteiger partial charge in [0.15, 0.2) is 0 Å². The maximum absolute atomic E-state index is 11.7. The molecule has 0 spiro atoms. The lowest BCUT2D eigenvalue weighted by molar-refractivity contribution is -0.126. The first-order valence-corrected chi connectivity index (χ1v) is 9.01. The molecule has 0 aromatic heterocycles. The van der Waals surface area contributed by atoms with Crippen molar-refractivity contribution >= 4 is 23.6 Å². The quantitative estimate of drug-likeness (QED) is 0.643. The molecule has 0 heterocycles. The Bertz CT molecular complexity index is 292. The number of carbonyl (C=O) groups excluding carboxylic acids is 2. The minimum atomic E-state index is -0.0520. The molecule has 0 aromatic rings. The lowest BCUT2D eigenvalue weighted by Crippen LogP contribution is -2.42. The summed E-state index contributed by atoms with van der Waals surface area (Å²) < 4.78 is 0. The van der Waals surface area contributed by atoms with Crippen molar-refractivity contribution in [3.63, 3.8) is 0 Å². The fraction of sp³-hybridized carbons (Fsp3) is 0.867. The monoisotopic (exact) mass is 300 g/mol. The smallest absolute Gasteiger partial charge is 0.239 e. The van der Waals surface area contributed by atoms with Crippen LogP contribution in [0.2, 0.25) is 0 Å². The van der Waals surface area contributed by atoms with Gasteiger partial charge in [-0.25, -0.2) is 0 Å². The third kappa shape index (κ3) is 8.46. The molecule has 5 heteroatoms. The van der Waals surface area contributed by atoms with E-state index in [0.29, 0.717) is 12.5 Å². The zero-order valence-corrected chi connectivity index (χ0v) is 13.4. The number of nitrogens with one attached hydrogen (secondary N) is 2. The average Bonchev–Trinajstić information content (AvgIpc) is 2.46. The maximum atomic E-state index is 11.7. The lowest BCUT2D eigenvalue weighted by Gasteiger charge is -2.22. The molecule has 1 rings (SSSR count). The summed E-state index contributed by atoms with van der Waals surface area (Å²) in [5, 5.41) is 5.70. The second kappa shape index (κ2) is 11.0. The molecule has 0 radical (unpaired) electrons. The van der Waals surface area contributed by atoms with Gasteiger partial charge in [0.05, 0.1) is 6.54 Å². The van der Waals surface area contributed by atoms with Gasteiger partial charge in [-0.3, -0.25) is 9.59 Å². The highest BCUT2D eigenvalue weighted by molar-refractivity contribution is 7.99. The Balaban J connectivity index is 2.00. The predicted molar refractivity (Wildman–Crippen MR) is 84.9 cm³/mol. The average molecular weight is 300 g/mol. The first-order chi connectivity index (χ1) is 9.72. The molecule has 1 fully saturated rings. The van der Waals surface area contributed by atoms with Crippen LogP contribution < -0.4 is 10.6 Å². The van der Waals surface area contributed by atoms with Gasteiger partial charge in [0.1, 0.15) is 0 Å². The Morgan fingerprint density at radius 3 is 2.55 bits per heavy atom. The zero-order valence-electron chi connectivity index (χ0n) is 12.6. The van der Waals surface area contributed by atoms with Crippen molar-refractivity contribution in [3.8, 4) is 0 Å². The molecule has 0 saturated heterocycles. The molecule has 2 N–H and O–H groups in total. The Morgan fingerprint density at radius 2 is 1.85 bits per heavy atom. The van der Waals surface area contributed by atoms with Gasteiger partial charge in [0.25, 0.3) is 0 Å². The second-order valence-electron chi connectivity index (χ2n) is 5.40. The van der Waals surface area contributed by atoms with Gasteiger partial charge in [-0.05, 0) is 25.0 Å². The van der Waals surface area contributed by atoms with E-state index < -0.39 is 0 Å². The van der Waals surface area contributed by atoms with E-state index in [1.807, 2.05) is 11.8 Å². The lowest BCUT2D eigenvalue weighted by atomic mass is 9.95. The van der Waals surface area contributed by atoms with Crippen LogP contribution in [-0.4, -0.2) is 35.9 Å². The third-order valence-corrected chi connectivity index (χ3v) is 4.60. The molecule has 1 aliphatic rings. The normalized spacial score (nSPS) is 15.8. The second-order valence-corrected chi connectivity index (χ2v) is 6.62. The van der Waals surface area contributed by atoms with Gasteiger partial charge in [0, 0.05) is 18.2 Å². The van der Waals surface area contributed by atoms with E-state index in [-0.39, 0.29) is 18.4 Å². The van der Waals surface area contributed by atoms with Crippen molar-refractivity contribution in [2.45, 2.75) is 64.3 Å². The van der Waals surface area contributed by atoms with Crippen LogP contribution in [0.5, 0.6) is 0 Å². The Morgan fingerprint density at radius 1 is 1.10 bits per heavy atom. The number of thioether (sulfide) groups is 1. The van der Waals surface area contributed by atoms with E-state index in [4.69, 9.17) is 0 Å². The Kier molecular flexibility index (Phi) is 9.54. The molecular formula is C15H28N2O2S. The fourth-order valence-electron chi connectivity index (χ4n) is 2.31. The Hall–Kier alpha value is -0.710. The summed E-state index contributed by atoms with van der Waals surface area (Å²) in [6, 6.07) is 0.317. The highest BCUT2D eigenvalue weighted by atomic mass is 32.2. The van der Waals surface area contributed by atoms with Crippen molar-refractivity contribution in [1.29, 1.82) is 0 Å². The number of hydrogen-bond donors (Lipinski definition) is 2. The summed E-state index contributed by atoms with van der Waals surface area (Å²) in [4.78, 5) is 23.3. The number of carbonyl (C=O) groups is 2. The molecule has 20 heavy (non-hydrogen) atoms. The molecule has 0 bridgehead atoms. The van der Waals surface area contributed by atoms with Crippen molar-refractivity contribution < 1.29 is 9.59 Å². The summed E-state index contributed by atoms with van der Waals surface area (Å²) in [5.41, 5.74) is 0. The molecule has 1 aliphatic carbocycles. The largest absolute Gasteiger partial charge is 0.352 e. The van der Waals surface area contributed by atoms with Gasteiger partial charge in [0.2, 0.25) is 11.8 Å². The molecule has 4 nitrogen and oxygen atoms in total. The molecule has 2 amide bonds. The molecule has 0 aromatic carbocycles. The third-order valence-electron chi connectivity index (χ3n) is 3.53. The first kappa shape index (κ1) is 17.3. The van der Waals surface area contributed by atoms with Crippen LogP contribution in [0, 0.1) is 0 Å². The maximum Gasteiger partial charge on any atom is 0.239 e. The van der Waals surface area contributed by atoms with Crippen LogP contribution in [0.15, 0.2) is 0 Å². The molecule has 0 atom stereocenters. The minimum Gasteiger partial charge on any atom is -0.352 e. The van der Waals surface area contributed by atoms with Gasteiger partial charge < -0.3 is 10.6 Å². The molecule has 116 valence electrons. The molecule has 1 saturated carbocycles. The fourth-order valence-corrected chi connectivity index (χ4v) is 3.33. The van der Waals surface area contributed by atoms with E-state index in [2.05, 4.69) is 17.6 Å². The number of rotatable bonds is 9. The van der Waals surface area contributed by atoms with Gasteiger partial charge in [-0.2, -0.15) is 11.8 Å². The van der Waals surface area contributed by atoms with Crippen LogP contribution in [0.3, 0.4) is 0 Å². The van der Waals surface area contributed by atoms with Crippen LogP contribution in [0.4, 0.5) is 0 Å². The number of unbranched alkanes of at least 4 members (excludes halogenated alkanes) is 1. The summed E-state index contributed by atoms with van der Waals surface area (Å²) in [6.45, 7) is 2.28.